The lowest BCUT2D eigenvalue weighted by Gasteiger charge is -2.26. The number of amides is 1. The van der Waals surface area contributed by atoms with E-state index in [1.807, 2.05) is 0 Å². The molecular weight excluding hydrogens is 302 g/mol. The van der Waals surface area contributed by atoms with Crippen LogP contribution in [0.5, 0.6) is 5.75 Å². The maximum Gasteiger partial charge on any atom is 0.270 e. The van der Waals surface area contributed by atoms with Crippen LogP contribution in [0.15, 0.2) is 24.3 Å². The van der Waals surface area contributed by atoms with Gasteiger partial charge in [0.05, 0.1) is 11.3 Å². The van der Waals surface area contributed by atoms with Gasteiger partial charge in [-0.05, 0) is 19.1 Å². The fraction of sp³-hybridized carbons (Fsp3) is 0.133. The highest BCUT2D eigenvalue weighted by Crippen LogP contribution is 2.37. The molecule has 0 saturated carbocycles. The standard InChI is InChI=1S/C15H9F4NO2/c1-6-10(16)9(12(18)13(19)11(6)17)14-15(21)20-7-4-2-3-5-8(7)22-14/h2-5,14H,1H3,(H,20,21). The summed E-state index contributed by atoms with van der Waals surface area (Å²) < 4.78 is 60.2. The Labute approximate surface area is 122 Å². The Kier molecular flexibility index (Phi) is 3.27. The minimum absolute atomic E-state index is 0.174. The van der Waals surface area contributed by atoms with Crippen molar-refractivity contribution in [3.05, 3.63) is 58.7 Å². The third-order valence-electron chi connectivity index (χ3n) is 3.41. The van der Waals surface area contributed by atoms with Gasteiger partial charge in [0.25, 0.3) is 5.91 Å². The molecule has 2 aromatic rings. The molecule has 1 aliphatic heterocycles. The number of anilines is 1. The van der Waals surface area contributed by atoms with Crippen molar-refractivity contribution in [1.29, 1.82) is 0 Å². The Morgan fingerprint density at radius 3 is 2.41 bits per heavy atom. The van der Waals surface area contributed by atoms with Gasteiger partial charge in [-0.1, -0.05) is 12.1 Å². The normalized spacial score (nSPS) is 16.8. The first kappa shape index (κ1) is 14.4. The molecule has 7 heteroatoms. The molecule has 0 saturated heterocycles. The van der Waals surface area contributed by atoms with E-state index < -0.39 is 46.4 Å². The van der Waals surface area contributed by atoms with Crippen molar-refractivity contribution in [1.82, 2.24) is 0 Å². The lowest BCUT2D eigenvalue weighted by atomic mass is 10.0. The lowest BCUT2D eigenvalue weighted by Crippen LogP contribution is -2.32. The number of nitrogens with one attached hydrogen (secondary N) is 1. The summed E-state index contributed by atoms with van der Waals surface area (Å²) in [5.41, 5.74) is -1.35. The number of hydrogen-bond donors (Lipinski definition) is 1. The summed E-state index contributed by atoms with van der Waals surface area (Å²) in [7, 11) is 0. The quantitative estimate of drug-likeness (QED) is 0.496. The van der Waals surface area contributed by atoms with Gasteiger partial charge in [-0.15, -0.1) is 0 Å². The smallest absolute Gasteiger partial charge is 0.270 e. The molecule has 22 heavy (non-hydrogen) atoms. The predicted octanol–water partition coefficient (Wildman–Crippen LogP) is 3.62. The number of carbonyl (C=O) groups is 1. The zero-order valence-electron chi connectivity index (χ0n) is 11.2. The van der Waals surface area contributed by atoms with Crippen LogP contribution in [0.4, 0.5) is 23.2 Å². The Morgan fingerprint density at radius 1 is 1.00 bits per heavy atom. The van der Waals surface area contributed by atoms with Crippen LogP contribution >= 0.6 is 0 Å². The summed E-state index contributed by atoms with van der Waals surface area (Å²) in [4.78, 5) is 12.0. The summed E-state index contributed by atoms with van der Waals surface area (Å²) in [6.45, 7) is 0.950. The van der Waals surface area contributed by atoms with Crippen molar-refractivity contribution in [2.24, 2.45) is 0 Å². The van der Waals surface area contributed by atoms with Gasteiger partial charge in [0.1, 0.15) is 11.6 Å². The molecule has 0 radical (unpaired) electrons. The molecule has 1 amide bonds. The summed E-state index contributed by atoms with van der Waals surface area (Å²) >= 11 is 0. The molecule has 1 unspecified atom stereocenters. The first-order valence-corrected chi connectivity index (χ1v) is 6.30. The van der Waals surface area contributed by atoms with Gasteiger partial charge in [-0.25, -0.2) is 17.6 Å². The second kappa shape index (κ2) is 5.01. The van der Waals surface area contributed by atoms with Crippen molar-refractivity contribution in [2.75, 3.05) is 5.32 Å². The van der Waals surface area contributed by atoms with E-state index in [1.165, 1.54) is 12.1 Å². The third kappa shape index (κ3) is 2.01. The van der Waals surface area contributed by atoms with Crippen LogP contribution in [0.1, 0.15) is 17.2 Å². The molecule has 1 N–H and O–H groups in total. The molecule has 1 atom stereocenters. The van der Waals surface area contributed by atoms with Crippen LogP contribution < -0.4 is 10.1 Å². The number of fused-ring (bicyclic) bond motifs is 1. The predicted molar refractivity (Wildman–Crippen MR) is 69.5 cm³/mol. The van der Waals surface area contributed by atoms with E-state index in [9.17, 15) is 22.4 Å². The molecular formula is C15H9F4NO2. The van der Waals surface area contributed by atoms with E-state index in [4.69, 9.17) is 4.74 Å². The highest BCUT2D eigenvalue weighted by Gasteiger charge is 2.37. The fourth-order valence-corrected chi connectivity index (χ4v) is 2.25. The summed E-state index contributed by atoms with van der Waals surface area (Å²) in [5, 5.41) is 2.40. The molecule has 0 aliphatic carbocycles. The molecule has 0 aromatic heterocycles. The number of carbonyl (C=O) groups excluding carboxylic acids is 1. The number of halogens is 4. The molecule has 1 aliphatic rings. The molecule has 2 aromatic carbocycles. The van der Waals surface area contributed by atoms with E-state index in [1.54, 1.807) is 12.1 Å². The van der Waals surface area contributed by atoms with Crippen LogP contribution in [-0.4, -0.2) is 5.91 Å². The van der Waals surface area contributed by atoms with Crippen LogP contribution in [0.3, 0.4) is 0 Å². The number of rotatable bonds is 1. The molecule has 0 fully saturated rings. The SMILES string of the molecule is Cc1c(F)c(F)c(F)c(C2Oc3ccccc3NC2=O)c1F. The topological polar surface area (TPSA) is 38.3 Å². The van der Waals surface area contributed by atoms with E-state index in [2.05, 4.69) is 5.32 Å². The average Bonchev–Trinajstić information content (AvgIpc) is 2.51. The van der Waals surface area contributed by atoms with Gasteiger partial charge in [0.15, 0.2) is 17.5 Å². The highest BCUT2D eigenvalue weighted by molar-refractivity contribution is 5.98. The second-order valence-corrected chi connectivity index (χ2v) is 4.78. The third-order valence-corrected chi connectivity index (χ3v) is 3.41. The maximum absolute atomic E-state index is 14.1. The number of para-hydroxylation sites is 2. The molecule has 3 rings (SSSR count). The van der Waals surface area contributed by atoms with Gasteiger partial charge in [-0.2, -0.15) is 0 Å². The first-order valence-electron chi connectivity index (χ1n) is 6.30. The Bertz CT molecular complexity index is 762. The molecule has 114 valence electrons. The first-order chi connectivity index (χ1) is 10.4. The highest BCUT2D eigenvalue weighted by atomic mass is 19.2. The van der Waals surface area contributed by atoms with Crippen molar-refractivity contribution in [3.63, 3.8) is 0 Å². The number of ether oxygens (including phenoxy) is 1. The largest absolute Gasteiger partial charge is 0.473 e. The van der Waals surface area contributed by atoms with E-state index in [0.29, 0.717) is 5.69 Å². The zero-order chi connectivity index (χ0) is 16.0. The number of hydrogen-bond acceptors (Lipinski definition) is 2. The van der Waals surface area contributed by atoms with Gasteiger partial charge < -0.3 is 10.1 Å². The molecule has 3 nitrogen and oxygen atoms in total. The summed E-state index contributed by atoms with van der Waals surface area (Å²) in [6.07, 6.45) is -1.75. The Hall–Kier alpha value is -2.57. The van der Waals surface area contributed by atoms with E-state index in [0.717, 1.165) is 6.92 Å². The monoisotopic (exact) mass is 311 g/mol. The van der Waals surface area contributed by atoms with Crippen molar-refractivity contribution >= 4 is 11.6 Å². The van der Waals surface area contributed by atoms with Crippen molar-refractivity contribution in [3.8, 4) is 5.75 Å². The van der Waals surface area contributed by atoms with E-state index in [-0.39, 0.29) is 5.75 Å². The fourth-order valence-electron chi connectivity index (χ4n) is 2.25. The van der Waals surface area contributed by atoms with Crippen LogP contribution in [0, 0.1) is 30.2 Å². The summed E-state index contributed by atoms with van der Waals surface area (Å²) in [6, 6.07) is 6.24. The zero-order valence-corrected chi connectivity index (χ0v) is 11.2. The lowest BCUT2D eigenvalue weighted by molar-refractivity contribution is -0.124. The second-order valence-electron chi connectivity index (χ2n) is 4.78. The minimum atomic E-state index is -1.84. The van der Waals surface area contributed by atoms with E-state index >= 15 is 0 Å². The molecule has 0 bridgehead atoms. The van der Waals surface area contributed by atoms with Crippen LogP contribution in [-0.2, 0) is 4.79 Å². The van der Waals surface area contributed by atoms with Gasteiger partial charge in [0, 0.05) is 5.56 Å². The van der Waals surface area contributed by atoms with Gasteiger partial charge in [-0.3, -0.25) is 4.79 Å². The maximum atomic E-state index is 14.1. The van der Waals surface area contributed by atoms with Crippen LogP contribution in [0.2, 0.25) is 0 Å². The van der Waals surface area contributed by atoms with Crippen molar-refractivity contribution in [2.45, 2.75) is 13.0 Å². The molecule has 1 heterocycles. The Balaban J connectivity index is 2.15. The summed E-state index contributed by atoms with van der Waals surface area (Å²) in [5.74, 6) is -7.30. The molecule has 0 spiro atoms. The van der Waals surface area contributed by atoms with Gasteiger partial charge >= 0.3 is 0 Å². The van der Waals surface area contributed by atoms with Crippen molar-refractivity contribution < 1.29 is 27.1 Å². The average molecular weight is 311 g/mol. The number of benzene rings is 2. The Morgan fingerprint density at radius 2 is 1.68 bits per heavy atom. The minimum Gasteiger partial charge on any atom is -0.473 e. The van der Waals surface area contributed by atoms with Crippen LogP contribution in [0.25, 0.3) is 0 Å². The van der Waals surface area contributed by atoms with Gasteiger partial charge in [0.2, 0.25) is 6.10 Å².